The zero-order valence-corrected chi connectivity index (χ0v) is 4.59. The summed E-state index contributed by atoms with van der Waals surface area (Å²) < 4.78 is 0. The molecule has 6 N–H and O–H groups in total. The van der Waals surface area contributed by atoms with E-state index in [4.69, 9.17) is 17.2 Å². The number of rotatable bonds is 2. The second kappa shape index (κ2) is 2.96. The Labute approximate surface area is 43.9 Å². The Balaban J connectivity index is 3.14. The highest BCUT2D eigenvalue weighted by atomic mass is 14.8. The normalized spacial score (nSPS) is 18.9. The van der Waals surface area contributed by atoms with Crippen molar-refractivity contribution in [2.45, 2.75) is 19.0 Å². The number of hydrogen-bond acceptors (Lipinski definition) is 3. The maximum Gasteiger partial charge on any atom is 0.0314 e. The lowest BCUT2D eigenvalue weighted by molar-refractivity contribution is 0.569. The molecular weight excluding hydrogens is 90.1 g/mol. The summed E-state index contributed by atoms with van der Waals surface area (Å²) in [5, 5.41) is 0. The van der Waals surface area contributed by atoms with Gasteiger partial charge in [-0.25, -0.2) is 0 Å². The van der Waals surface area contributed by atoms with Gasteiger partial charge in [0.15, 0.2) is 0 Å². The van der Waals surface area contributed by atoms with Crippen molar-refractivity contribution in [3.05, 3.63) is 0 Å². The molecule has 0 aromatic heterocycles. The third-order valence-corrected chi connectivity index (χ3v) is 0.948. The van der Waals surface area contributed by atoms with Crippen LogP contribution in [-0.4, -0.2) is 18.6 Å². The van der Waals surface area contributed by atoms with E-state index in [0.29, 0.717) is 6.54 Å². The monoisotopic (exact) mass is 103 g/mol. The van der Waals surface area contributed by atoms with Crippen LogP contribution in [0.15, 0.2) is 0 Å². The molecule has 0 aromatic rings. The second-order valence-electron chi connectivity index (χ2n) is 1.76. The topological polar surface area (TPSA) is 78.1 Å². The van der Waals surface area contributed by atoms with E-state index in [9.17, 15) is 0 Å². The summed E-state index contributed by atoms with van der Waals surface area (Å²) >= 11 is 0. The van der Waals surface area contributed by atoms with Crippen molar-refractivity contribution < 1.29 is 0 Å². The van der Waals surface area contributed by atoms with Gasteiger partial charge in [0.1, 0.15) is 0 Å². The molecule has 0 rings (SSSR count). The first-order chi connectivity index (χ1) is 3.18. The van der Waals surface area contributed by atoms with E-state index >= 15 is 0 Å². The van der Waals surface area contributed by atoms with E-state index in [2.05, 4.69) is 0 Å². The Morgan fingerprint density at radius 2 is 1.86 bits per heavy atom. The zero-order chi connectivity index (χ0) is 5.86. The van der Waals surface area contributed by atoms with Gasteiger partial charge in [-0.1, -0.05) is 0 Å². The fourth-order valence-electron chi connectivity index (χ4n) is 0.215. The quantitative estimate of drug-likeness (QED) is 0.403. The predicted octanol–water partition coefficient (Wildman–Crippen LogP) is -1.38. The second-order valence-corrected chi connectivity index (χ2v) is 1.76. The molecule has 0 radical (unpaired) electrons. The molecule has 7 heavy (non-hydrogen) atoms. The minimum Gasteiger partial charge on any atom is -0.329 e. The molecule has 0 aromatic carbocycles. The molecule has 3 heteroatoms. The maximum absolute atomic E-state index is 5.37. The van der Waals surface area contributed by atoms with Crippen LogP contribution in [-0.2, 0) is 0 Å². The Morgan fingerprint density at radius 1 is 1.43 bits per heavy atom. The van der Waals surface area contributed by atoms with E-state index in [1.54, 1.807) is 0 Å². The Morgan fingerprint density at radius 3 is 1.86 bits per heavy atom. The zero-order valence-electron chi connectivity index (χ0n) is 4.59. The van der Waals surface area contributed by atoms with Gasteiger partial charge in [-0.3, -0.25) is 0 Å². The number of hydrogen-bond donors (Lipinski definition) is 3. The van der Waals surface area contributed by atoms with E-state index < -0.39 is 0 Å². The molecule has 0 saturated heterocycles. The summed E-state index contributed by atoms with van der Waals surface area (Å²) in [6.07, 6.45) is 0. The van der Waals surface area contributed by atoms with Gasteiger partial charge in [0, 0.05) is 18.6 Å². The van der Waals surface area contributed by atoms with Crippen molar-refractivity contribution in [2.24, 2.45) is 17.2 Å². The fraction of sp³-hybridized carbons (Fsp3) is 1.00. The average Bonchev–Trinajstić information content (AvgIpc) is 1.65. The lowest BCUT2D eigenvalue weighted by Gasteiger charge is -2.10. The first kappa shape index (κ1) is 6.88. The van der Waals surface area contributed by atoms with Gasteiger partial charge in [-0.15, -0.1) is 0 Å². The van der Waals surface area contributed by atoms with E-state index in [1.165, 1.54) is 0 Å². The van der Waals surface area contributed by atoms with Crippen LogP contribution in [0.2, 0.25) is 0 Å². The van der Waals surface area contributed by atoms with Crippen molar-refractivity contribution >= 4 is 0 Å². The Kier molecular flexibility index (Phi) is 2.91. The molecule has 2 unspecified atom stereocenters. The summed E-state index contributed by atoms with van der Waals surface area (Å²) in [4.78, 5) is 0. The van der Waals surface area contributed by atoms with Gasteiger partial charge in [0.05, 0.1) is 0 Å². The van der Waals surface area contributed by atoms with Crippen molar-refractivity contribution in [2.75, 3.05) is 6.54 Å². The molecule has 0 aliphatic carbocycles. The predicted molar refractivity (Wildman–Crippen MR) is 30.7 cm³/mol. The fourth-order valence-corrected chi connectivity index (χ4v) is 0.215. The van der Waals surface area contributed by atoms with Crippen LogP contribution in [0.5, 0.6) is 0 Å². The molecule has 0 bridgehead atoms. The summed E-state index contributed by atoms with van der Waals surface area (Å²) in [6, 6.07) is -0.0231. The first-order valence-corrected chi connectivity index (χ1v) is 2.39. The Hall–Kier alpha value is -0.120. The van der Waals surface area contributed by atoms with Crippen LogP contribution in [0.1, 0.15) is 6.92 Å². The summed E-state index contributed by atoms with van der Waals surface area (Å²) in [6.45, 7) is 2.31. The minimum atomic E-state index is -0.0417. The van der Waals surface area contributed by atoms with Gasteiger partial charge in [-0.05, 0) is 6.92 Å². The minimum absolute atomic E-state index is 0.0185. The van der Waals surface area contributed by atoms with Crippen molar-refractivity contribution in [3.63, 3.8) is 0 Å². The van der Waals surface area contributed by atoms with Gasteiger partial charge in [0.25, 0.3) is 0 Å². The van der Waals surface area contributed by atoms with Crippen molar-refractivity contribution in [3.8, 4) is 0 Å². The highest BCUT2D eigenvalue weighted by Gasteiger charge is 2.02. The van der Waals surface area contributed by atoms with Gasteiger partial charge >= 0.3 is 0 Å². The smallest absolute Gasteiger partial charge is 0.0314 e. The molecule has 0 amide bonds. The van der Waals surface area contributed by atoms with Crippen LogP contribution < -0.4 is 17.2 Å². The van der Waals surface area contributed by atoms with Crippen LogP contribution in [0.3, 0.4) is 0 Å². The summed E-state index contributed by atoms with van der Waals surface area (Å²) in [5.74, 6) is 0. The van der Waals surface area contributed by atoms with E-state index in [0.717, 1.165) is 0 Å². The van der Waals surface area contributed by atoms with E-state index in [1.807, 2.05) is 6.92 Å². The van der Waals surface area contributed by atoms with Gasteiger partial charge in [-0.2, -0.15) is 0 Å². The van der Waals surface area contributed by atoms with Crippen molar-refractivity contribution in [1.29, 1.82) is 0 Å². The molecule has 0 fully saturated rings. The third-order valence-electron chi connectivity index (χ3n) is 0.948. The lowest BCUT2D eigenvalue weighted by Crippen LogP contribution is -2.44. The lowest BCUT2D eigenvalue weighted by atomic mass is 10.2. The maximum atomic E-state index is 5.37. The molecule has 0 spiro atoms. The summed E-state index contributed by atoms with van der Waals surface area (Å²) in [7, 11) is 0. The highest BCUT2D eigenvalue weighted by molar-refractivity contribution is 4.70. The Bertz CT molecular complexity index is 44.2. The van der Waals surface area contributed by atoms with Crippen LogP contribution in [0.4, 0.5) is 0 Å². The molecule has 0 aliphatic heterocycles. The third kappa shape index (κ3) is 2.56. The number of nitrogens with two attached hydrogens (primary N) is 3. The molecule has 0 heterocycles. The molecule has 2 atom stereocenters. The standard InChI is InChI=1S/C4H13N3/c1-3(6)4(7)2-5/h3-4H,2,5-7H2,1H3. The first-order valence-electron chi connectivity index (χ1n) is 2.39. The largest absolute Gasteiger partial charge is 0.329 e. The van der Waals surface area contributed by atoms with Crippen molar-refractivity contribution in [1.82, 2.24) is 0 Å². The molecular formula is C4H13N3. The summed E-state index contributed by atoms with van der Waals surface area (Å²) in [5.41, 5.74) is 15.9. The molecule has 0 aliphatic rings. The van der Waals surface area contributed by atoms with E-state index in [-0.39, 0.29) is 12.1 Å². The van der Waals surface area contributed by atoms with Crippen LogP contribution >= 0.6 is 0 Å². The van der Waals surface area contributed by atoms with Gasteiger partial charge in [0.2, 0.25) is 0 Å². The van der Waals surface area contributed by atoms with Crippen LogP contribution in [0.25, 0.3) is 0 Å². The van der Waals surface area contributed by atoms with Gasteiger partial charge < -0.3 is 17.2 Å². The van der Waals surface area contributed by atoms with Crippen LogP contribution in [0, 0.1) is 0 Å². The highest BCUT2D eigenvalue weighted by Crippen LogP contribution is 1.77. The molecule has 44 valence electrons. The molecule has 3 nitrogen and oxygen atoms in total. The molecule has 0 saturated carbocycles. The SMILES string of the molecule is CC(N)C(N)CN. The average molecular weight is 103 g/mol.